The third-order valence-corrected chi connectivity index (χ3v) is 4.46. The molecule has 0 fully saturated rings. The largest absolute Gasteiger partial charge is 0.388 e. The van der Waals surface area contributed by atoms with Crippen LogP contribution < -0.4 is 10.5 Å². The van der Waals surface area contributed by atoms with Gasteiger partial charge in [-0.1, -0.05) is 17.1 Å². The summed E-state index contributed by atoms with van der Waals surface area (Å²) in [6.07, 6.45) is 4.17. The summed E-state index contributed by atoms with van der Waals surface area (Å²) in [5, 5.41) is 4.02. The van der Waals surface area contributed by atoms with Crippen LogP contribution in [0.4, 0.5) is 5.82 Å². The maximum absolute atomic E-state index is 6.11. The minimum Gasteiger partial charge on any atom is -0.388 e. The fourth-order valence-electron chi connectivity index (χ4n) is 2.69. The van der Waals surface area contributed by atoms with Crippen molar-refractivity contribution < 1.29 is 4.84 Å². The number of hydrogen-bond donors (Lipinski definition) is 2. The van der Waals surface area contributed by atoms with E-state index in [2.05, 4.69) is 31.3 Å². The molecule has 0 aromatic carbocycles. The molecule has 2 aromatic rings. The highest BCUT2D eigenvalue weighted by Gasteiger charge is 2.17. The van der Waals surface area contributed by atoms with Crippen molar-refractivity contribution in [1.29, 1.82) is 0 Å². The van der Waals surface area contributed by atoms with Gasteiger partial charge in [-0.25, -0.2) is 9.97 Å². The second-order valence-electron chi connectivity index (χ2n) is 6.20. The number of unbranched alkanes of at least 4 members (excludes halogenated alkanes) is 1. The number of imidazole rings is 1. The van der Waals surface area contributed by atoms with Crippen LogP contribution in [0, 0.1) is 13.8 Å². The van der Waals surface area contributed by atoms with Crippen molar-refractivity contribution in [2.24, 2.45) is 5.16 Å². The van der Waals surface area contributed by atoms with Crippen molar-refractivity contribution in [3.63, 3.8) is 0 Å². The van der Waals surface area contributed by atoms with E-state index in [0.717, 1.165) is 59.8 Å². The minimum absolute atomic E-state index is 0.320. The number of aromatic nitrogens is 3. The number of anilines is 1. The van der Waals surface area contributed by atoms with Crippen LogP contribution in [-0.2, 0) is 18.0 Å². The molecule has 7 nitrogen and oxygen atoms in total. The van der Waals surface area contributed by atoms with Gasteiger partial charge in [0, 0.05) is 18.8 Å². The smallest absolute Gasteiger partial charge is 0.174 e. The zero-order valence-electron chi connectivity index (χ0n) is 15.7. The molecule has 2 rings (SSSR count). The zero-order chi connectivity index (χ0) is 18.4. The van der Waals surface area contributed by atoms with Crippen molar-refractivity contribution in [2.45, 2.75) is 53.7 Å². The van der Waals surface area contributed by atoms with E-state index in [1.807, 2.05) is 27.0 Å². The van der Waals surface area contributed by atoms with Crippen LogP contribution in [0.2, 0.25) is 0 Å². The second-order valence-corrected chi connectivity index (χ2v) is 6.90. The van der Waals surface area contributed by atoms with Gasteiger partial charge < -0.3 is 15.1 Å². The van der Waals surface area contributed by atoms with Crippen LogP contribution in [0.15, 0.2) is 5.16 Å². The van der Waals surface area contributed by atoms with Gasteiger partial charge in [-0.3, -0.25) is 4.72 Å². The Morgan fingerprint density at radius 3 is 2.72 bits per heavy atom. The van der Waals surface area contributed by atoms with E-state index in [9.17, 15) is 0 Å². The third-order valence-electron chi connectivity index (χ3n) is 3.97. The van der Waals surface area contributed by atoms with Gasteiger partial charge in [0.15, 0.2) is 18.2 Å². The summed E-state index contributed by atoms with van der Waals surface area (Å²) < 4.78 is 5.48. The van der Waals surface area contributed by atoms with E-state index < -0.39 is 0 Å². The van der Waals surface area contributed by atoms with Crippen molar-refractivity contribution in [3.8, 4) is 0 Å². The van der Waals surface area contributed by atoms with E-state index in [4.69, 9.17) is 10.6 Å². The molecule has 138 valence electrons. The van der Waals surface area contributed by atoms with E-state index >= 15 is 0 Å². The lowest BCUT2D eigenvalue weighted by Gasteiger charge is -2.11. The highest BCUT2D eigenvalue weighted by Crippen LogP contribution is 2.26. The highest BCUT2D eigenvalue weighted by atomic mass is 32.2. The molecule has 2 aromatic heterocycles. The average Bonchev–Trinajstić information content (AvgIpc) is 2.91. The summed E-state index contributed by atoms with van der Waals surface area (Å²) in [5.74, 6) is 1.30. The van der Waals surface area contributed by atoms with Gasteiger partial charge in [0.1, 0.15) is 5.52 Å². The van der Waals surface area contributed by atoms with Gasteiger partial charge in [0.05, 0.1) is 11.2 Å². The van der Waals surface area contributed by atoms with Gasteiger partial charge in [-0.2, -0.15) is 0 Å². The molecule has 0 aliphatic heterocycles. The Hall–Kier alpha value is -1.80. The fourth-order valence-corrected chi connectivity index (χ4v) is 3.03. The Kier molecular flexibility index (Phi) is 7.07. The van der Waals surface area contributed by atoms with Crippen LogP contribution >= 0.6 is 11.9 Å². The molecule has 0 unspecified atom stereocenters. The number of pyridine rings is 1. The second kappa shape index (κ2) is 9.05. The van der Waals surface area contributed by atoms with Crippen molar-refractivity contribution >= 4 is 34.5 Å². The summed E-state index contributed by atoms with van der Waals surface area (Å²) >= 11 is 1.65. The molecule has 2 heterocycles. The first-order valence-corrected chi connectivity index (χ1v) is 9.69. The maximum atomic E-state index is 6.11. The standard InChI is InChI=1S/C17H28N6OS/c1-11(2)22-24-10-14-21-15-16(12(3)13(4)20-17(15)18)23(14)9-7-6-8-19-25-5/h19H,6-10H2,1-5H3,(H2,18,20). The van der Waals surface area contributed by atoms with Crippen LogP contribution in [0.25, 0.3) is 11.0 Å². The quantitative estimate of drug-likeness (QED) is 0.307. The minimum atomic E-state index is 0.320. The molecule has 0 saturated heterocycles. The molecular weight excluding hydrogens is 336 g/mol. The highest BCUT2D eigenvalue weighted by molar-refractivity contribution is 7.96. The Morgan fingerprint density at radius 1 is 1.28 bits per heavy atom. The van der Waals surface area contributed by atoms with Crippen LogP contribution in [0.5, 0.6) is 0 Å². The number of fused-ring (bicyclic) bond motifs is 1. The molecule has 0 aliphatic rings. The fraction of sp³-hybridized carbons (Fsp3) is 0.588. The Morgan fingerprint density at radius 2 is 2.04 bits per heavy atom. The predicted octanol–water partition coefficient (Wildman–Crippen LogP) is 3.19. The van der Waals surface area contributed by atoms with Crippen LogP contribution in [-0.4, -0.2) is 33.0 Å². The van der Waals surface area contributed by atoms with Gasteiger partial charge in [-0.05, 0) is 52.4 Å². The number of hydrogen-bond acceptors (Lipinski definition) is 7. The van der Waals surface area contributed by atoms with Gasteiger partial charge in [0.25, 0.3) is 0 Å². The Labute approximate surface area is 153 Å². The molecule has 0 amide bonds. The predicted molar refractivity (Wildman–Crippen MR) is 106 cm³/mol. The average molecular weight is 365 g/mol. The van der Waals surface area contributed by atoms with E-state index in [-0.39, 0.29) is 0 Å². The summed E-state index contributed by atoms with van der Waals surface area (Å²) in [6, 6.07) is 0. The lowest BCUT2D eigenvalue weighted by Crippen LogP contribution is -2.09. The zero-order valence-corrected chi connectivity index (χ0v) is 16.5. The molecule has 0 radical (unpaired) electrons. The number of nitrogens with one attached hydrogen (secondary N) is 1. The number of nitrogen functional groups attached to an aromatic ring is 1. The number of nitrogens with zero attached hydrogens (tertiary/aromatic N) is 4. The first-order valence-electron chi connectivity index (χ1n) is 8.46. The molecular formula is C17H28N6OS. The van der Waals surface area contributed by atoms with E-state index in [0.29, 0.717) is 12.4 Å². The molecule has 0 bridgehead atoms. The molecule has 25 heavy (non-hydrogen) atoms. The Balaban J connectivity index is 2.33. The number of aryl methyl sites for hydroxylation is 3. The van der Waals surface area contributed by atoms with Crippen molar-refractivity contribution in [2.75, 3.05) is 18.5 Å². The first-order chi connectivity index (χ1) is 12.0. The maximum Gasteiger partial charge on any atom is 0.174 e. The molecule has 3 N–H and O–H groups in total. The summed E-state index contributed by atoms with van der Waals surface area (Å²) in [4.78, 5) is 14.5. The molecule has 0 aliphatic carbocycles. The number of oxime groups is 1. The van der Waals surface area contributed by atoms with Gasteiger partial charge in [0.2, 0.25) is 0 Å². The summed E-state index contributed by atoms with van der Waals surface area (Å²) in [7, 11) is 0. The summed E-state index contributed by atoms with van der Waals surface area (Å²) in [6.45, 7) is 10.0. The number of nitrogens with two attached hydrogens (primary N) is 1. The van der Waals surface area contributed by atoms with Crippen molar-refractivity contribution in [1.82, 2.24) is 19.3 Å². The van der Waals surface area contributed by atoms with Crippen molar-refractivity contribution in [3.05, 3.63) is 17.1 Å². The third kappa shape index (κ3) is 4.85. The first kappa shape index (κ1) is 19.5. The lowest BCUT2D eigenvalue weighted by molar-refractivity contribution is 0.122. The number of rotatable bonds is 9. The SMILES string of the molecule is CSNCCCCn1c(CON=C(C)C)nc2c(N)nc(C)c(C)c21. The Bertz CT molecular complexity index is 751. The lowest BCUT2D eigenvalue weighted by atomic mass is 10.2. The molecule has 0 atom stereocenters. The van der Waals surface area contributed by atoms with Crippen LogP contribution in [0.3, 0.4) is 0 Å². The topological polar surface area (TPSA) is 90.3 Å². The monoisotopic (exact) mass is 364 g/mol. The molecule has 0 spiro atoms. The van der Waals surface area contributed by atoms with Crippen LogP contribution in [0.1, 0.15) is 43.8 Å². The van der Waals surface area contributed by atoms with Gasteiger partial charge in [-0.15, -0.1) is 0 Å². The van der Waals surface area contributed by atoms with Gasteiger partial charge >= 0.3 is 0 Å². The van der Waals surface area contributed by atoms with E-state index in [1.54, 1.807) is 11.9 Å². The summed E-state index contributed by atoms with van der Waals surface area (Å²) in [5.41, 5.74) is 10.8. The normalized spacial score (nSPS) is 11.1. The molecule has 8 heteroatoms. The molecule has 0 saturated carbocycles. The van der Waals surface area contributed by atoms with E-state index in [1.165, 1.54) is 0 Å².